The maximum absolute atomic E-state index is 10.8. The Balaban J connectivity index is 0.000000421. The number of aliphatic hydroxyl groups is 1. The Bertz CT molecular complexity index is 1460. The van der Waals surface area contributed by atoms with E-state index in [1.54, 1.807) is 6.92 Å². The molecular weight excluding hydrogens is 464 g/mol. The third kappa shape index (κ3) is 4.50. The van der Waals surface area contributed by atoms with Gasteiger partial charge in [0.1, 0.15) is 5.76 Å². The molecule has 0 aromatic carbocycles. The largest absolute Gasteiger partial charge is 0.511 e. The molecule has 0 saturated carbocycles. The monoisotopic (exact) mass is 496 g/mol. The van der Waals surface area contributed by atoms with Crippen molar-refractivity contribution in [3.05, 3.63) is 92.5 Å². The molecule has 5 aliphatic heterocycles. The highest BCUT2D eigenvalue weighted by Crippen LogP contribution is 2.43. The van der Waals surface area contributed by atoms with Crippen LogP contribution in [-0.4, -0.2) is 35.3 Å². The van der Waals surface area contributed by atoms with Crippen LogP contribution >= 0.6 is 0 Å². The van der Waals surface area contributed by atoms with Gasteiger partial charge in [-0.2, -0.15) is 0 Å². The fourth-order valence-corrected chi connectivity index (χ4v) is 5.13. The van der Waals surface area contributed by atoms with Gasteiger partial charge in [0.2, 0.25) is 0 Å². The number of rotatable bonds is 1. The highest BCUT2D eigenvalue weighted by atomic mass is 16.5. The Morgan fingerprint density at radius 1 is 1.08 bits per heavy atom. The minimum atomic E-state index is -0.157. The number of aliphatic imine (C=N–C) groups is 3. The smallest absolute Gasteiger partial charge is 0.305 e. The lowest BCUT2D eigenvalue weighted by molar-refractivity contribution is -0.140. The summed E-state index contributed by atoms with van der Waals surface area (Å²) < 4.78 is 4.26. The lowest BCUT2D eigenvalue weighted by atomic mass is 10.0. The van der Waals surface area contributed by atoms with Gasteiger partial charge < -0.3 is 15.2 Å². The summed E-state index contributed by atoms with van der Waals surface area (Å²) in [6.45, 7) is 10.2. The number of allylic oxidation sites excluding steroid dienone is 12. The van der Waals surface area contributed by atoms with Crippen LogP contribution in [0.15, 0.2) is 107 Å². The Morgan fingerprint density at radius 3 is 2.57 bits per heavy atom. The zero-order chi connectivity index (χ0) is 26.4. The number of nitrogens with zero attached hydrogens (tertiary/aromatic N) is 3. The molecule has 1 aliphatic carbocycles. The Morgan fingerprint density at radius 2 is 1.86 bits per heavy atom. The molecule has 5 heterocycles. The summed E-state index contributed by atoms with van der Waals surface area (Å²) in [6, 6.07) is 0. The number of ether oxygens (including phenoxy) is 1. The highest BCUT2D eigenvalue weighted by molar-refractivity contribution is 6.21. The van der Waals surface area contributed by atoms with Crippen LogP contribution < -0.4 is 5.32 Å². The van der Waals surface area contributed by atoms with Gasteiger partial charge in [-0.1, -0.05) is 13.8 Å². The molecule has 8 bridgehead atoms. The maximum atomic E-state index is 10.8. The van der Waals surface area contributed by atoms with E-state index in [2.05, 4.69) is 49.1 Å². The topological polar surface area (TPSA) is 95.6 Å². The van der Waals surface area contributed by atoms with E-state index in [1.165, 1.54) is 7.11 Å². The molecule has 0 aromatic heterocycles. The van der Waals surface area contributed by atoms with Crippen LogP contribution in [0.25, 0.3) is 0 Å². The first-order chi connectivity index (χ1) is 17.7. The highest BCUT2D eigenvalue weighted by Gasteiger charge is 2.36. The molecule has 7 heteroatoms. The first-order valence-corrected chi connectivity index (χ1v) is 12.7. The van der Waals surface area contributed by atoms with Crippen molar-refractivity contribution in [1.29, 1.82) is 0 Å². The van der Waals surface area contributed by atoms with Crippen molar-refractivity contribution in [1.82, 2.24) is 5.32 Å². The standard InChI is InChI=1S/C26H24N4O.C4H8O2/c1-12-5-16-8-17-6-13(2)20(28-17)11-22-15(4)25-24(31)9-18(26(25)30-22)23-7-14(3)21(29-23)10-19(12)27-16;1-3-4(5)6-2/h5-6,8,10-11,14,29,31H,7,9H2,1-4H3;3H2,1-2H3. The van der Waals surface area contributed by atoms with Gasteiger partial charge in [0.15, 0.2) is 0 Å². The van der Waals surface area contributed by atoms with Gasteiger partial charge in [0, 0.05) is 41.3 Å². The van der Waals surface area contributed by atoms with Crippen LogP contribution in [0.5, 0.6) is 0 Å². The number of hydrogen-bond acceptors (Lipinski definition) is 7. The Hall–Kier alpha value is -4.00. The lowest BCUT2D eigenvalue weighted by Gasteiger charge is -2.07. The van der Waals surface area contributed by atoms with Gasteiger partial charge in [-0.25, -0.2) is 15.0 Å². The number of aliphatic hydroxyl groups excluding tert-OH is 1. The third-order valence-electron chi connectivity index (χ3n) is 7.26. The van der Waals surface area contributed by atoms with Crippen LogP contribution in [0.1, 0.15) is 53.9 Å². The third-order valence-corrected chi connectivity index (χ3v) is 7.26. The van der Waals surface area contributed by atoms with Gasteiger partial charge in [0.25, 0.3) is 0 Å². The molecule has 6 aliphatic rings. The van der Waals surface area contributed by atoms with E-state index in [1.807, 2.05) is 19.1 Å². The van der Waals surface area contributed by atoms with Crippen molar-refractivity contribution in [2.24, 2.45) is 20.9 Å². The predicted molar refractivity (Wildman–Crippen MR) is 147 cm³/mol. The van der Waals surface area contributed by atoms with E-state index in [0.29, 0.717) is 24.5 Å². The summed E-state index contributed by atoms with van der Waals surface area (Å²) in [5.41, 5.74) is 13.1. The summed E-state index contributed by atoms with van der Waals surface area (Å²) in [6.07, 6.45) is 12.3. The minimum Gasteiger partial charge on any atom is -0.511 e. The van der Waals surface area contributed by atoms with Crippen LogP contribution in [0.2, 0.25) is 0 Å². The molecule has 0 radical (unpaired) electrons. The molecule has 2 N–H and O–H groups in total. The van der Waals surface area contributed by atoms with Gasteiger partial charge in [0.05, 0.1) is 41.3 Å². The SMILES string of the molecule is CC1=CC2=NC1=CC1=C(C)C3=C(O)CC(=C4CC(C)C(=CC5=NC(=C2)C=C5C)N4)C3=N1.CCC(=O)OC. The summed E-state index contributed by atoms with van der Waals surface area (Å²) >= 11 is 0. The van der Waals surface area contributed by atoms with E-state index in [4.69, 9.17) is 15.0 Å². The average molecular weight is 497 g/mol. The maximum Gasteiger partial charge on any atom is 0.305 e. The van der Waals surface area contributed by atoms with E-state index in [-0.39, 0.29) is 5.97 Å². The van der Waals surface area contributed by atoms with E-state index in [0.717, 1.165) is 79.9 Å². The average Bonchev–Trinajstić information content (AvgIpc) is 3.64. The number of hydrogen-bond donors (Lipinski definition) is 2. The summed E-state index contributed by atoms with van der Waals surface area (Å²) in [5, 5.41) is 14.4. The normalized spacial score (nSPS) is 23.4. The quantitative estimate of drug-likeness (QED) is 0.445. The van der Waals surface area contributed by atoms with Gasteiger partial charge in [-0.05, 0) is 74.3 Å². The molecule has 1 fully saturated rings. The second-order valence-electron chi connectivity index (χ2n) is 9.97. The zero-order valence-electron chi connectivity index (χ0n) is 22.2. The van der Waals surface area contributed by atoms with Crippen molar-refractivity contribution >= 4 is 23.1 Å². The molecule has 37 heavy (non-hydrogen) atoms. The second-order valence-corrected chi connectivity index (χ2v) is 9.97. The van der Waals surface area contributed by atoms with Gasteiger partial charge >= 0.3 is 5.97 Å². The molecule has 1 saturated heterocycles. The molecule has 6 rings (SSSR count). The van der Waals surface area contributed by atoms with Crippen molar-refractivity contribution in [2.45, 2.75) is 53.9 Å². The number of methoxy groups -OCH3 is 1. The number of carbonyl (C=O) groups excluding carboxylic acids is 1. The van der Waals surface area contributed by atoms with E-state index in [9.17, 15) is 9.90 Å². The molecule has 0 spiro atoms. The summed E-state index contributed by atoms with van der Waals surface area (Å²) in [5.74, 6) is 0.612. The van der Waals surface area contributed by atoms with Crippen molar-refractivity contribution in [2.75, 3.05) is 7.11 Å². The molecule has 0 amide bonds. The molecule has 7 nitrogen and oxygen atoms in total. The lowest BCUT2D eigenvalue weighted by Crippen LogP contribution is -2.11. The van der Waals surface area contributed by atoms with E-state index < -0.39 is 0 Å². The predicted octanol–water partition coefficient (Wildman–Crippen LogP) is 5.85. The second kappa shape index (κ2) is 9.47. The van der Waals surface area contributed by atoms with Crippen molar-refractivity contribution in [3.8, 4) is 0 Å². The van der Waals surface area contributed by atoms with Crippen molar-refractivity contribution < 1.29 is 14.6 Å². The summed E-state index contributed by atoms with van der Waals surface area (Å²) in [7, 11) is 1.38. The number of nitrogens with one attached hydrogen (secondary N) is 1. The Labute approximate surface area is 217 Å². The van der Waals surface area contributed by atoms with Crippen LogP contribution in [0.3, 0.4) is 0 Å². The molecule has 1 unspecified atom stereocenters. The molecular formula is C30H32N4O3. The molecule has 190 valence electrons. The first-order valence-electron chi connectivity index (χ1n) is 12.7. The van der Waals surface area contributed by atoms with Crippen molar-refractivity contribution in [3.63, 3.8) is 0 Å². The minimum absolute atomic E-state index is 0.157. The Kier molecular flexibility index (Phi) is 6.31. The van der Waals surface area contributed by atoms with E-state index >= 15 is 0 Å². The van der Waals surface area contributed by atoms with Gasteiger partial charge in [-0.3, -0.25) is 4.79 Å². The fourth-order valence-electron chi connectivity index (χ4n) is 5.13. The zero-order valence-corrected chi connectivity index (χ0v) is 22.2. The van der Waals surface area contributed by atoms with Crippen LogP contribution in [0.4, 0.5) is 0 Å². The number of carbonyl (C=O) groups is 1. The number of esters is 1. The fraction of sp³-hybridized carbons (Fsp3) is 0.333. The van der Waals surface area contributed by atoms with Crippen LogP contribution in [0, 0.1) is 5.92 Å². The summed E-state index contributed by atoms with van der Waals surface area (Å²) in [4.78, 5) is 24.6. The van der Waals surface area contributed by atoms with Gasteiger partial charge in [-0.15, -0.1) is 0 Å². The first kappa shape index (κ1) is 24.7. The molecule has 0 aromatic rings. The molecule has 1 atom stereocenters. The van der Waals surface area contributed by atoms with Crippen LogP contribution in [-0.2, 0) is 9.53 Å². The number of fused-ring (bicyclic) bond motifs is 5.